The van der Waals surface area contributed by atoms with Crippen LogP contribution in [0.5, 0.6) is 0 Å². The summed E-state index contributed by atoms with van der Waals surface area (Å²) in [6.07, 6.45) is 1.66. The van der Waals surface area contributed by atoms with Gasteiger partial charge in [-0.2, -0.15) is 5.26 Å². The molecule has 0 bridgehead atoms. The van der Waals surface area contributed by atoms with E-state index in [1.807, 2.05) is 50.9 Å². The Kier molecular flexibility index (Phi) is 10.6. The molecule has 2 aromatic rings. The van der Waals surface area contributed by atoms with Crippen LogP contribution in [0.4, 0.5) is 4.39 Å². The number of halogens is 2. The van der Waals surface area contributed by atoms with E-state index in [1.54, 1.807) is 18.2 Å². The second kappa shape index (κ2) is 12.3. The smallest absolute Gasteiger partial charge is 0.222 e. The zero-order valence-corrected chi connectivity index (χ0v) is 19.6. The molecule has 1 saturated heterocycles. The van der Waals surface area contributed by atoms with Gasteiger partial charge in [-0.3, -0.25) is 4.79 Å². The minimum Gasteiger partial charge on any atom is -0.345 e. The molecular weight excluding hydrogens is 399 g/mol. The van der Waals surface area contributed by atoms with Gasteiger partial charge in [-0.15, -0.1) is 0 Å². The molecule has 1 aliphatic rings. The maximum absolute atomic E-state index is 12.5. The predicted octanol–water partition coefficient (Wildman–Crippen LogP) is 6.34. The van der Waals surface area contributed by atoms with Crippen molar-refractivity contribution in [3.05, 3.63) is 69.5 Å². The highest BCUT2D eigenvalue weighted by Gasteiger charge is 2.28. The van der Waals surface area contributed by atoms with Gasteiger partial charge in [0.05, 0.1) is 10.6 Å². The first-order valence-corrected chi connectivity index (χ1v) is 10.6. The maximum atomic E-state index is 12.5. The van der Waals surface area contributed by atoms with Crippen LogP contribution >= 0.6 is 11.6 Å². The zero-order valence-electron chi connectivity index (χ0n) is 18.8. The van der Waals surface area contributed by atoms with Crippen molar-refractivity contribution < 1.29 is 9.18 Å². The Labute approximate surface area is 185 Å². The van der Waals surface area contributed by atoms with Crippen molar-refractivity contribution in [1.29, 1.82) is 5.26 Å². The summed E-state index contributed by atoms with van der Waals surface area (Å²) in [5.41, 5.74) is 3.88. The van der Waals surface area contributed by atoms with Gasteiger partial charge in [0, 0.05) is 20.0 Å². The standard InChI is InChI=1S/C9H11F.C8H6ClN.C8H15NO/c1-3-8-6-9(10)5-4-7(8)2;1-6-2-3-7(5-10)8(9)4-6;1-6(2)7-4-8(10)9(3)5-7/h4-6H,3H2,1-2H3;2-4H,1H3;6-7H,4-5H2,1-3H3. The van der Waals surface area contributed by atoms with Gasteiger partial charge in [0.15, 0.2) is 0 Å². The van der Waals surface area contributed by atoms with E-state index in [-0.39, 0.29) is 5.82 Å². The molecule has 1 fully saturated rings. The van der Waals surface area contributed by atoms with Crippen molar-refractivity contribution >= 4 is 17.5 Å². The molecule has 1 unspecified atom stereocenters. The van der Waals surface area contributed by atoms with Crippen LogP contribution in [0.3, 0.4) is 0 Å². The van der Waals surface area contributed by atoms with Crippen LogP contribution in [0.15, 0.2) is 36.4 Å². The number of hydrogen-bond donors (Lipinski definition) is 0. The molecule has 0 radical (unpaired) electrons. The van der Waals surface area contributed by atoms with Crippen LogP contribution in [-0.2, 0) is 11.2 Å². The lowest BCUT2D eigenvalue weighted by Crippen LogP contribution is -2.19. The molecule has 30 heavy (non-hydrogen) atoms. The molecule has 1 aliphatic heterocycles. The van der Waals surface area contributed by atoms with Crippen molar-refractivity contribution in [2.24, 2.45) is 11.8 Å². The lowest BCUT2D eigenvalue weighted by Gasteiger charge is -2.12. The molecule has 1 amide bonds. The van der Waals surface area contributed by atoms with Gasteiger partial charge in [-0.1, -0.05) is 44.5 Å². The summed E-state index contributed by atoms with van der Waals surface area (Å²) in [6, 6.07) is 12.3. The van der Waals surface area contributed by atoms with E-state index < -0.39 is 0 Å². The molecule has 1 heterocycles. The highest BCUT2D eigenvalue weighted by Crippen LogP contribution is 2.23. The number of aryl methyl sites for hydroxylation is 3. The van der Waals surface area contributed by atoms with Crippen LogP contribution in [0, 0.1) is 42.8 Å². The third kappa shape index (κ3) is 8.16. The highest BCUT2D eigenvalue weighted by atomic mass is 35.5. The topological polar surface area (TPSA) is 44.1 Å². The summed E-state index contributed by atoms with van der Waals surface area (Å²) >= 11 is 5.71. The van der Waals surface area contributed by atoms with Crippen molar-refractivity contribution in [1.82, 2.24) is 4.90 Å². The summed E-state index contributed by atoms with van der Waals surface area (Å²) in [5.74, 6) is 1.41. The molecule has 0 aromatic heterocycles. The number of amides is 1. The second-order valence-electron chi connectivity index (χ2n) is 8.00. The van der Waals surface area contributed by atoms with Gasteiger partial charge in [-0.25, -0.2) is 4.39 Å². The number of nitrogens with zero attached hydrogens (tertiary/aromatic N) is 2. The number of carbonyl (C=O) groups is 1. The molecule has 3 rings (SSSR count). The first kappa shape index (κ1) is 25.7. The van der Waals surface area contributed by atoms with Crippen LogP contribution in [0.2, 0.25) is 5.02 Å². The van der Waals surface area contributed by atoms with E-state index in [0.29, 0.717) is 28.3 Å². The first-order valence-electron chi connectivity index (χ1n) is 10.2. The molecule has 0 aliphatic carbocycles. The quantitative estimate of drug-likeness (QED) is 0.558. The van der Waals surface area contributed by atoms with E-state index in [2.05, 4.69) is 13.8 Å². The van der Waals surface area contributed by atoms with Gasteiger partial charge in [0.2, 0.25) is 5.91 Å². The van der Waals surface area contributed by atoms with Crippen LogP contribution < -0.4 is 0 Å². The Morgan fingerprint density at radius 2 is 1.90 bits per heavy atom. The van der Waals surface area contributed by atoms with E-state index >= 15 is 0 Å². The fraction of sp³-hybridized carbons (Fsp3) is 0.440. The van der Waals surface area contributed by atoms with Crippen molar-refractivity contribution in [2.75, 3.05) is 13.6 Å². The second-order valence-corrected chi connectivity index (χ2v) is 8.41. The summed E-state index contributed by atoms with van der Waals surface area (Å²) in [6.45, 7) is 11.3. The number of nitriles is 1. The molecule has 2 aromatic carbocycles. The summed E-state index contributed by atoms with van der Waals surface area (Å²) in [4.78, 5) is 12.8. The van der Waals surface area contributed by atoms with Crippen molar-refractivity contribution in [3.8, 4) is 6.07 Å². The van der Waals surface area contributed by atoms with E-state index in [9.17, 15) is 9.18 Å². The molecule has 1 atom stereocenters. The summed E-state index contributed by atoms with van der Waals surface area (Å²) in [5, 5.41) is 9.00. The number of carbonyl (C=O) groups excluding carboxylic acids is 1. The van der Waals surface area contributed by atoms with Crippen LogP contribution in [0.1, 0.15) is 49.4 Å². The minimum atomic E-state index is -0.137. The SMILES string of the molecule is CC(C)C1CC(=O)N(C)C1.CCc1cc(F)ccc1C.Cc1ccc(C#N)c(Cl)c1. The number of benzene rings is 2. The summed E-state index contributed by atoms with van der Waals surface area (Å²) < 4.78 is 12.5. The third-order valence-corrected chi connectivity index (χ3v) is 5.56. The van der Waals surface area contributed by atoms with Gasteiger partial charge < -0.3 is 4.90 Å². The lowest BCUT2D eigenvalue weighted by atomic mass is 9.95. The highest BCUT2D eigenvalue weighted by molar-refractivity contribution is 6.31. The Hall–Kier alpha value is -2.38. The number of rotatable bonds is 2. The van der Waals surface area contributed by atoms with Gasteiger partial charge >= 0.3 is 0 Å². The molecule has 5 heteroatoms. The van der Waals surface area contributed by atoms with Gasteiger partial charge in [0.25, 0.3) is 0 Å². The van der Waals surface area contributed by atoms with Crippen LogP contribution in [0.25, 0.3) is 0 Å². The van der Waals surface area contributed by atoms with E-state index in [1.165, 1.54) is 11.6 Å². The first-order chi connectivity index (χ1) is 14.1. The molecule has 0 saturated carbocycles. The van der Waals surface area contributed by atoms with Gasteiger partial charge in [-0.05, 0) is 73.1 Å². The largest absolute Gasteiger partial charge is 0.345 e. The predicted molar refractivity (Wildman–Crippen MR) is 122 cm³/mol. The average molecular weight is 431 g/mol. The molecule has 0 spiro atoms. The minimum absolute atomic E-state index is 0.137. The number of likely N-dealkylation sites (tertiary alicyclic amines) is 1. The fourth-order valence-corrected chi connectivity index (χ4v) is 3.35. The summed E-state index contributed by atoms with van der Waals surface area (Å²) in [7, 11) is 1.88. The Morgan fingerprint density at radius 1 is 1.23 bits per heavy atom. The molecular formula is C25H32ClFN2O. The average Bonchev–Trinajstić information content (AvgIpc) is 3.04. The normalized spacial score (nSPS) is 15.1. The zero-order chi connectivity index (χ0) is 22.8. The van der Waals surface area contributed by atoms with Crippen molar-refractivity contribution in [3.63, 3.8) is 0 Å². The molecule has 3 nitrogen and oxygen atoms in total. The van der Waals surface area contributed by atoms with E-state index in [4.69, 9.17) is 16.9 Å². The molecule has 162 valence electrons. The van der Waals surface area contributed by atoms with E-state index in [0.717, 1.165) is 30.5 Å². The monoisotopic (exact) mass is 430 g/mol. The van der Waals surface area contributed by atoms with Gasteiger partial charge in [0.1, 0.15) is 11.9 Å². The lowest BCUT2D eigenvalue weighted by molar-refractivity contribution is -0.126. The Bertz CT molecular complexity index is 880. The molecule has 0 N–H and O–H groups in total. The fourth-order valence-electron chi connectivity index (χ4n) is 3.08. The van der Waals surface area contributed by atoms with Crippen LogP contribution in [-0.4, -0.2) is 24.4 Å². The number of hydrogen-bond acceptors (Lipinski definition) is 2. The van der Waals surface area contributed by atoms with Crippen molar-refractivity contribution in [2.45, 2.75) is 47.5 Å². The Morgan fingerprint density at radius 3 is 2.30 bits per heavy atom. The Balaban J connectivity index is 0.000000225. The third-order valence-electron chi connectivity index (χ3n) is 5.25. The maximum Gasteiger partial charge on any atom is 0.222 e.